The van der Waals surface area contributed by atoms with Crippen molar-refractivity contribution in [1.29, 1.82) is 0 Å². The standard InChI is InChI=1S/C32H41N7O8S.C27H33N7O6S/c1-5-45-27(41)16-23(21-11-8-13-33-17-21)37-26(40)19-35-28(42)24-20-48-30(38-24)39-29(43)36-18-22-10-6-7-12-25(22)46-15-9-14-34-31(44)47-32(2,3)4;1-2-39-24(36)13-20(18-8-5-11-29-14-18)32-23(35)16-30-25(37)21-17-41-27(33-21)34-26(38)31-15-19-7-3-4-9-22(19)40-12-6-10-28/h6-8,10-13,17,20,23H,5,9,14-16,18-19H2,1-4H3,(H,34,44)(H,35,42)(H,37,40)(H2,36,38,39,43);3-5,7-9,11,14,17,20H,2,6,10,12-13,15-16,28H2,1H3,(H,30,37)(H,32,35)(H2,31,33,34,38). The van der Waals surface area contributed by atoms with E-state index in [-0.39, 0.29) is 73.9 Å². The van der Waals surface area contributed by atoms with Crippen molar-refractivity contribution >= 4 is 86.7 Å². The van der Waals surface area contributed by atoms with E-state index in [1.54, 1.807) is 83.5 Å². The van der Waals surface area contributed by atoms with Crippen molar-refractivity contribution in [3.63, 3.8) is 0 Å². The highest BCUT2D eigenvalue weighted by Crippen LogP contribution is 2.22. The minimum Gasteiger partial charge on any atom is -0.493 e. The Hall–Kier alpha value is -9.81. The molecule has 0 radical (unpaired) electrons. The second-order valence-electron chi connectivity index (χ2n) is 19.7. The molecular formula is C59H74N14O14S2. The molecule has 0 fully saturated rings. The van der Waals surface area contributed by atoms with E-state index < -0.39 is 71.4 Å². The Kier molecular flexibility index (Phi) is 29.6. The number of amides is 9. The van der Waals surface area contributed by atoms with E-state index in [9.17, 15) is 43.2 Å². The number of hydrogen-bond donors (Lipinski definition) is 10. The molecule has 4 heterocycles. The number of carbonyl (C=O) groups is 9. The summed E-state index contributed by atoms with van der Waals surface area (Å²) in [4.78, 5) is 127. The number of nitrogens with one attached hydrogen (secondary N) is 9. The molecule has 0 spiro atoms. The Morgan fingerprint density at radius 1 is 0.573 bits per heavy atom. The quantitative estimate of drug-likeness (QED) is 0.0139. The fraction of sp³-hybridized carbons (Fsp3) is 0.373. The number of esters is 2. The highest BCUT2D eigenvalue weighted by molar-refractivity contribution is 7.14. The molecule has 9 amide bonds. The van der Waals surface area contributed by atoms with E-state index >= 15 is 0 Å². The number of rotatable bonds is 31. The Morgan fingerprint density at radius 3 is 1.44 bits per heavy atom. The molecule has 6 aromatic rings. The summed E-state index contributed by atoms with van der Waals surface area (Å²) < 4.78 is 26.7. The maximum Gasteiger partial charge on any atom is 0.407 e. The number of hydrogen-bond acceptors (Lipinski definition) is 21. The third-order valence-electron chi connectivity index (χ3n) is 11.6. The third-order valence-corrected chi connectivity index (χ3v) is 13.1. The summed E-state index contributed by atoms with van der Waals surface area (Å²) in [5, 5.41) is 27.0. The van der Waals surface area contributed by atoms with Crippen LogP contribution in [-0.4, -0.2) is 132 Å². The number of anilines is 2. The summed E-state index contributed by atoms with van der Waals surface area (Å²) in [6.45, 7) is 10.5. The first kappa shape index (κ1) is 70.0. The average Bonchev–Trinajstić information content (AvgIpc) is 3.70. The van der Waals surface area contributed by atoms with Crippen LogP contribution in [0.4, 0.5) is 24.6 Å². The van der Waals surface area contributed by atoms with Gasteiger partial charge < -0.3 is 66.6 Å². The summed E-state index contributed by atoms with van der Waals surface area (Å²) in [5.41, 5.74) is 7.74. The van der Waals surface area contributed by atoms with Crippen LogP contribution >= 0.6 is 22.7 Å². The highest BCUT2D eigenvalue weighted by atomic mass is 32.1. The van der Waals surface area contributed by atoms with Gasteiger partial charge in [0.1, 0.15) is 28.5 Å². The van der Waals surface area contributed by atoms with E-state index in [1.807, 2.05) is 42.5 Å². The van der Waals surface area contributed by atoms with E-state index in [1.165, 1.54) is 17.0 Å². The Morgan fingerprint density at radius 2 is 1.02 bits per heavy atom. The maximum atomic E-state index is 12.6. The molecule has 0 bridgehead atoms. The molecule has 11 N–H and O–H groups in total. The lowest BCUT2D eigenvalue weighted by atomic mass is 10.1. The monoisotopic (exact) mass is 1270 g/mol. The number of pyridine rings is 2. The minimum absolute atomic E-state index is 0.0123. The van der Waals surface area contributed by atoms with Gasteiger partial charge in [0.15, 0.2) is 10.3 Å². The van der Waals surface area contributed by atoms with Gasteiger partial charge in [-0.1, -0.05) is 48.5 Å². The summed E-state index contributed by atoms with van der Waals surface area (Å²) in [6.07, 6.45) is 6.81. The molecule has 0 saturated heterocycles. The number of alkyl carbamates (subject to hydrolysis) is 1. The first-order valence-corrected chi connectivity index (χ1v) is 29.9. The van der Waals surface area contributed by atoms with Crippen LogP contribution in [0, 0.1) is 0 Å². The lowest BCUT2D eigenvalue weighted by molar-refractivity contribution is -0.145. The largest absolute Gasteiger partial charge is 0.493 e. The molecule has 89 heavy (non-hydrogen) atoms. The number of aromatic nitrogens is 4. The number of ether oxygens (including phenoxy) is 5. The number of para-hydroxylation sites is 2. The van der Waals surface area contributed by atoms with Crippen LogP contribution in [0.5, 0.6) is 11.5 Å². The number of nitrogens with zero attached hydrogens (tertiary/aromatic N) is 4. The normalized spacial score (nSPS) is 11.3. The summed E-state index contributed by atoms with van der Waals surface area (Å²) in [5.74, 6) is -1.99. The summed E-state index contributed by atoms with van der Waals surface area (Å²) in [6, 6.07) is 19.0. The van der Waals surface area contributed by atoms with Crippen LogP contribution in [0.25, 0.3) is 0 Å². The molecule has 2 unspecified atom stereocenters. The van der Waals surface area contributed by atoms with Crippen LogP contribution in [0.2, 0.25) is 0 Å². The first-order valence-electron chi connectivity index (χ1n) is 28.2. The molecule has 0 aliphatic heterocycles. The molecular weight excluding hydrogens is 1190 g/mol. The lowest BCUT2D eigenvalue weighted by Gasteiger charge is -2.19. The van der Waals surface area contributed by atoms with Crippen molar-refractivity contribution in [2.45, 2.75) is 91.1 Å². The first-order chi connectivity index (χ1) is 42.8. The Bertz CT molecular complexity index is 3260. The number of carbonyl (C=O) groups excluding carboxylic acids is 9. The second kappa shape index (κ2) is 37.7. The highest BCUT2D eigenvalue weighted by Gasteiger charge is 2.23. The van der Waals surface area contributed by atoms with Gasteiger partial charge in [-0.05, 0) is 89.4 Å². The SMILES string of the molecule is CCOC(=O)CC(NC(=O)CNC(=O)c1csc(NC(=O)NCc2ccccc2OCCCN)n1)c1cccnc1.CCOC(=O)CC(NC(=O)CNC(=O)c1csc(NC(=O)NCc2ccccc2OCCCNC(=O)OC(C)(C)C)n1)c1cccnc1. The van der Waals surface area contributed by atoms with Gasteiger partial charge in [-0.2, -0.15) is 0 Å². The van der Waals surface area contributed by atoms with E-state index in [0.717, 1.165) is 33.8 Å². The number of thiazole rings is 2. The zero-order chi connectivity index (χ0) is 64.4. The molecule has 2 atom stereocenters. The minimum atomic E-state index is -0.692. The number of urea groups is 2. The number of benzene rings is 2. The van der Waals surface area contributed by atoms with E-state index in [4.69, 9.17) is 29.4 Å². The Balaban J connectivity index is 0.000000328. The molecule has 0 aliphatic carbocycles. The van der Waals surface area contributed by atoms with Gasteiger partial charge in [0.2, 0.25) is 11.8 Å². The van der Waals surface area contributed by atoms with Crippen molar-refractivity contribution < 1.29 is 66.8 Å². The van der Waals surface area contributed by atoms with Crippen molar-refractivity contribution in [3.05, 3.63) is 142 Å². The van der Waals surface area contributed by atoms with Crippen molar-refractivity contribution in [3.8, 4) is 11.5 Å². The van der Waals surface area contributed by atoms with Gasteiger partial charge in [0, 0.05) is 66.3 Å². The van der Waals surface area contributed by atoms with Crippen molar-refractivity contribution in [2.24, 2.45) is 5.73 Å². The molecule has 0 saturated carbocycles. The van der Waals surface area contributed by atoms with Gasteiger partial charge in [0.25, 0.3) is 11.8 Å². The predicted molar refractivity (Wildman–Crippen MR) is 330 cm³/mol. The topological polar surface area (TPSA) is 386 Å². The van der Waals surface area contributed by atoms with Crippen molar-refractivity contribution in [2.75, 3.05) is 63.2 Å². The van der Waals surface area contributed by atoms with Gasteiger partial charge >= 0.3 is 30.1 Å². The smallest absolute Gasteiger partial charge is 0.407 e. The second-order valence-corrected chi connectivity index (χ2v) is 21.4. The average molecular weight is 1270 g/mol. The molecule has 0 aliphatic rings. The summed E-state index contributed by atoms with van der Waals surface area (Å²) in [7, 11) is 0. The van der Waals surface area contributed by atoms with Gasteiger partial charge in [0.05, 0.1) is 64.4 Å². The zero-order valence-corrected chi connectivity index (χ0v) is 51.5. The molecule has 6 rings (SSSR count). The Labute approximate surface area is 522 Å². The van der Waals surface area contributed by atoms with Gasteiger partial charge in [-0.15, -0.1) is 22.7 Å². The third kappa shape index (κ3) is 26.8. The van der Waals surface area contributed by atoms with Gasteiger partial charge in [-0.25, -0.2) is 24.4 Å². The van der Waals surface area contributed by atoms with Crippen LogP contribution < -0.4 is 63.1 Å². The zero-order valence-electron chi connectivity index (χ0n) is 49.8. The molecule has 30 heteroatoms. The van der Waals surface area contributed by atoms with Crippen molar-refractivity contribution in [1.82, 2.24) is 57.2 Å². The maximum absolute atomic E-state index is 12.6. The molecule has 2 aromatic carbocycles. The van der Waals surface area contributed by atoms with E-state index in [2.05, 4.69) is 67.8 Å². The lowest BCUT2D eigenvalue weighted by Crippen LogP contribution is -2.39. The number of nitrogens with two attached hydrogens (primary N) is 1. The van der Waals surface area contributed by atoms with Crippen LogP contribution in [-0.2, 0) is 46.5 Å². The fourth-order valence-electron chi connectivity index (χ4n) is 7.54. The molecule has 476 valence electrons. The van der Waals surface area contributed by atoms with Crippen LogP contribution in [0.15, 0.2) is 108 Å². The summed E-state index contributed by atoms with van der Waals surface area (Å²) >= 11 is 2.10. The van der Waals surface area contributed by atoms with Crippen LogP contribution in [0.1, 0.15) is 116 Å². The fourth-order valence-corrected chi connectivity index (χ4v) is 8.92. The van der Waals surface area contributed by atoms with E-state index in [0.29, 0.717) is 61.8 Å². The molecule has 4 aromatic heterocycles. The molecule has 28 nitrogen and oxygen atoms in total. The van der Waals surface area contributed by atoms with Crippen LogP contribution in [0.3, 0.4) is 0 Å². The van der Waals surface area contributed by atoms with Gasteiger partial charge in [-0.3, -0.25) is 49.4 Å². The predicted octanol–water partition coefficient (Wildman–Crippen LogP) is 5.82.